The quantitative estimate of drug-likeness (QED) is 0.789. The van der Waals surface area contributed by atoms with Crippen molar-refractivity contribution in [3.05, 3.63) is 17.2 Å². The van der Waals surface area contributed by atoms with E-state index < -0.39 is 18.2 Å². The van der Waals surface area contributed by atoms with Gasteiger partial charge in [-0.05, 0) is 12.5 Å². The molecule has 1 heterocycles. The van der Waals surface area contributed by atoms with Crippen molar-refractivity contribution in [3.8, 4) is 5.88 Å². The summed E-state index contributed by atoms with van der Waals surface area (Å²) in [5, 5.41) is 0. The van der Waals surface area contributed by atoms with E-state index in [1.165, 1.54) is 0 Å². The summed E-state index contributed by atoms with van der Waals surface area (Å²) in [6, 6.07) is 0.998. The Hall–Kier alpha value is -2.03. The molecule has 6 nitrogen and oxygen atoms in total. The molecule has 1 aromatic heterocycles. The number of aromatic nitrogens is 1. The summed E-state index contributed by atoms with van der Waals surface area (Å²) in [5.74, 6) is -1.54. The van der Waals surface area contributed by atoms with Crippen molar-refractivity contribution in [2.24, 2.45) is 5.73 Å². The standard InChI is InChI=1S/C11H14F3N3O3/c1-2-19-9(18)4-7-6(5-15)3-8(17-10(7)16)20-11(12,13)14/h3H,2,4-5,15H2,1H3,(H2,16,17). The van der Waals surface area contributed by atoms with Crippen molar-refractivity contribution in [3.63, 3.8) is 0 Å². The molecule has 1 aromatic rings. The Kier molecular flexibility index (Phi) is 5.14. The fourth-order valence-electron chi connectivity index (χ4n) is 1.53. The molecule has 0 radical (unpaired) electrons. The average Bonchev–Trinajstić information content (AvgIpc) is 2.30. The third-order valence-corrected chi connectivity index (χ3v) is 2.29. The Balaban J connectivity index is 3.05. The van der Waals surface area contributed by atoms with E-state index >= 15 is 0 Å². The van der Waals surface area contributed by atoms with Gasteiger partial charge in [-0.3, -0.25) is 4.79 Å². The highest BCUT2D eigenvalue weighted by molar-refractivity contribution is 5.75. The van der Waals surface area contributed by atoms with E-state index in [1.54, 1.807) is 6.92 Å². The first-order chi connectivity index (χ1) is 9.26. The van der Waals surface area contributed by atoms with E-state index in [2.05, 4.69) is 9.72 Å². The number of esters is 1. The number of carbonyl (C=O) groups is 1. The Morgan fingerprint density at radius 3 is 2.60 bits per heavy atom. The van der Waals surface area contributed by atoms with E-state index in [0.717, 1.165) is 6.07 Å². The van der Waals surface area contributed by atoms with Crippen LogP contribution >= 0.6 is 0 Å². The first-order valence-corrected chi connectivity index (χ1v) is 5.66. The summed E-state index contributed by atoms with van der Waals surface area (Å²) in [5.41, 5.74) is 11.4. The number of hydrogen-bond donors (Lipinski definition) is 2. The number of rotatable bonds is 5. The normalized spacial score (nSPS) is 11.2. The molecule has 112 valence electrons. The zero-order chi connectivity index (χ0) is 15.3. The minimum Gasteiger partial charge on any atom is -0.466 e. The Morgan fingerprint density at radius 1 is 1.45 bits per heavy atom. The second kappa shape index (κ2) is 6.42. The zero-order valence-corrected chi connectivity index (χ0v) is 10.7. The molecule has 0 amide bonds. The molecule has 0 aliphatic rings. The molecule has 0 aliphatic heterocycles. The maximum absolute atomic E-state index is 12.1. The van der Waals surface area contributed by atoms with Gasteiger partial charge in [-0.15, -0.1) is 13.2 Å². The summed E-state index contributed by atoms with van der Waals surface area (Å²) >= 11 is 0. The number of hydrogen-bond acceptors (Lipinski definition) is 6. The monoisotopic (exact) mass is 293 g/mol. The van der Waals surface area contributed by atoms with Crippen LogP contribution in [0.15, 0.2) is 6.07 Å². The van der Waals surface area contributed by atoms with Gasteiger partial charge in [0.15, 0.2) is 0 Å². The van der Waals surface area contributed by atoms with Crippen LogP contribution in [0.5, 0.6) is 5.88 Å². The topological polar surface area (TPSA) is 100 Å². The highest BCUT2D eigenvalue weighted by Gasteiger charge is 2.32. The molecule has 0 spiro atoms. The predicted octanol–water partition coefficient (Wildman–Crippen LogP) is 1.13. The number of pyridine rings is 1. The van der Waals surface area contributed by atoms with Gasteiger partial charge in [0.25, 0.3) is 0 Å². The fourth-order valence-corrected chi connectivity index (χ4v) is 1.53. The molecule has 4 N–H and O–H groups in total. The molecule has 0 bridgehead atoms. The first-order valence-electron chi connectivity index (χ1n) is 5.66. The lowest BCUT2D eigenvalue weighted by Gasteiger charge is -2.14. The van der Waals surface area contributed by atoms with Gasteiger partial charge < -0.3 is 20.9 Å². The minimum absolute atomic E-state index is 0.115. The van der Waals surface area contributed by atoms with Crippen LogP contribution in [0.3, 0.4) is 0 Å². The summed E-state index contributed by atoms with van der Waals surface area (Å²) in [6.07, 6.45) is -5.10. The number of nitrogens with zero attached hydrogens (tertiary/aromatic N) is 1. The minimum atomic E-state index is -4.88. The molecule has 0 saturated heterocycles. The fraction of sp³-hybridized carbons (Fsp3) is 0.455. The Bertz CT molecular complexity index is 492. The van der Waals surface area contributed by atoms with Crippen LogP contribution in [-0.4, -0.2) is 23.9 Å². The van der Waals surface area contributed by atoms with Crippen molar-refractivity contribution in [1.82, 2.24) is 4.98 Å². The second-order valence-electron chi connectivity index (χ2n) is 3.72. The molecule has 9 heteroatoms. The SMILES string of the molecule is CCOC(=O)Cc1c(CN)cc(OC(F)(F)F)nc1N. The number of nitrogen functional groups attached to an aromatic ring is 1. The van der Waals surface area contributed by atoms with Crippen LogP contribution in [-0.2, 0) is 22.5 Å². The molecule has 20 heavy (non-hydrogen) atoms. The zero-order valence-electron chi connectivity index (χ0n) is 10.7. The molecular weight excluding hydrogens is 279 g/mol. The van der Waals surface area contributed by atoms with Gasteiger partial charge in [-0.1, -0.05) is 0 Å². The third-order valence-electron chi connectivity index (χ3n) is 2.29. The smallest absolute Gasteiger partial charge is 0.466 e. The van der Waals surface area contributed by atoms with Gasteiger partial charge in [-0.2, -0.15) is 4.98 Å². The average molecular weight is 293 g/mol. The number of carbonyl (C=O) groups excluding carboxylic acids is 1. The molecular formula is C11H14F3N3O3. The largest absolute Gasteiger partial charge is 0.574 e. The van der Waals surface area contributed by atoms with Crippen LogP contribution in [0.25, 0.3) is 0 Å². The van der Waals surface area contributed by atoms with Crippen molar-refractivity contribution < 1.29 is 27.4 Å². The number of anilines is 1. The summed E-state index contributed by atoms with van der Waals surface area (Å²) in [6.45, 7) is 1.69. The molecule has 0 saturated carbocycles. The number of alkyl halides is 3. The molecule has 0 unspecified atom stereocenters. The van der Waals surface area contributed by atoms with Crippen LogP contribution in [0.4, 0.5) is 19.0 Å². The molecule has 0 aliphatic carbocycles. The van der Waals surface area contributed by atoms with Crippen LogP contribution < -0.4 is 16.2 Å². The van der Waals surface area contributed by atoms with Crippen LogP contribution in [0.1, 0.15) is 18.1 Å². The van der Waals surface area contributed by atoms with Crippen LogP contribution in [0.2, 0.25) is 0 Å². The van der Waals surface area contributed by atoms with E-state index in [1.807, 2.05) is 0 Å². The number of nitrogens with two attached hydrogens (primary N) is 2. The van der Waals surface area contributed by atoms with Gasteiger partial charge in [-0.25, -0.2) is 0 Å². The molecule has 0 fully saturated rings. The molecule has 0 atom stereocenters. The maximum atomic E-state index is 12.1. The van der Waals surface area contributed by atoms with E-state index in [-0.39, 0.29) is 36.5 Å². The Morgan fingerprint density at radius 2 is 2.10 bits per heavy atom. The van der Waals surface area contributed by atoms with Crippen molar-refractivity contribution >= 4 is 11.8 Å². The van der Waals surface area contributed by atoms with Gasteiger partial charge in [0.1, 0.15) is 5.82 Å². The summed E-state index contributed by atoms with van der Waals surface area (Å²) in [7, 11) is 0. The predicted molar refractivity (Wildman–Crippen MR) is 63.6 cm³/mol. The number of ether oxygens (including phenoxy) is 2. The van der Waals surface area contributed by atoms with Gasteiger partial charge in [0.2, 0.25) is 5.88 Å². The molecule has 0 aromatic carbocycles. The van der Waals surface area contributed by atoms with Crippen molar-refractivity contribution in [1.29, 1.82) is 0 Å². The van der Waals surface area contributed by atoms with Gasteiger partial charge >= 0.3 is 12.3 Å². The maximum Gasteiger partial charge on any atom is 0.574 e. The summed E-state index contributed by atoms with van der Waals surface area (Å²) in [4.78, 5) is 14.8. The lowest BCUT2D eigenvalue weighted by molar-refractivity contribution is -0.276. The number of halogens is 3. The van der Waals surface area contributed by atoms with Crippen molar-refractivity contribution in [2.75, 3.05) is 12.3 Å². The van der Waals surface area contributed by atoms with Crippen molar-refractivity contribution in [2.45, 2.75) is 26.3 Å². The van der Waals surface area contributed by atoms with Crippen LogP contribution in [0, 0.1) is 0 Å². The Labute approximate surface area is 112 Å². The highest BCUT2D eigenvalue weighted by Crippen LogP contribution is 2.26. The van der Waals surface area contributed by atoms with E-state index in [0.29, 0.717) is 0 Å². The second-order valence-corrected chi connectivity index (χ2v) is 3.72. The third kappa shape index (κ3) is 4.57. The first kappa shape index (κ1) is 16.0. The van der Waals surface area contributed by atoms with Gasteiger partial charge in [0, 0.05) is 18.2 Å². The highest BCUT2D eigenvalue weighted by atomic mass is 19.4. The van der Waals surface area contributed by atoms with E-state index in [4.69, 9.17) is 16.2 Å². The lowest BCUT2D eigenvalue weighted by Crippen LogP contribution is -2.20. The lowest BCUT2D eigenvalue weighted by atomic mass is 10.1. The molecule has 1 rings (SSSR count). The van der Waals surface area contributed by atoms with Gasteiger partial charge in [0.05, 0.1) is 13.0 Å². The van der Waals surface area contributed by atoms with E-state index in [9.17, 15) is 18.0 Å². The summed E-state index contributed by atoms with van der Waals surface area (Å²) < 4.78 is 44.7.